The van der Waals surface area contributed by atoms with Crippen LogP contribution in [-0.2, 0) is 0 Å². The Balaban J connectivity index is 0.000000134. The first-order chi connectivity index (χ1) is 8.65. The van der Waals surface area contributed by atoms with Crippen molar-refractivity contribution in [1.82, 2.24) is 19.9 Å². The lowest BCUT2D eigenvalue weighted by Gasteiger charge is -1.90. The second-order valence-corrected chi connectivity index (χ2v) is 3.06. The molecule has 8 heteroatoms. The van der Waals surface area contributed by atoms with Gasteiger partial charge in [-0.2, -0.15) is 0 Å². The minimum atomic E-state index is -0.708. The van der Waals surface area contributed by atoms with Gasteiger partial charge in [0.25, 0.3) is 0 Å². The van der Waals surface area contributed by atoms with E-state index >= 15 is 0 Å². The summed E-state index contributed by atoms with van der Waals surface area (Å²) in [5.74, 6) is 0. The Morgan fingerprint density at radius 1 is 0.833 bits per heavy atom. The van der Waals surface area contributed by atoms with E-state index in [-0.39, 0.29) is 0 Å². The van der Waals surface area contributed by atoms with Gasteiger partial charge >= 0.3 is 18.0 Å². The predicted molar refractivity (Wildman–Crippen MR) is 58.8 cm³/mol. The van der Waals surface area contributed by atoms with Gasteiger partial charge in [0.2, 0.25) is 0 Å². The van der Waals surface area contributed by atoms with Crippen LogP contribution in [0.25, 0.3) is 11.1 Å². The molecule has 0 amide bonds. The van der Waals surface area contributed by atoms with Gasteiger partial charge in [-0.15, -0.1) is 15.0 Å². The number of hydrogen-bond donors (Lipinski definition) is 3. The van der Waals surface area contributed by atoms with Gasteiger partial charge in [-0.25, -0.2) is 4.98 Å². The predicted octanol–water partition coefficient (Wildman–Crippen LogP) is 0.816. The molecular weight excluding hydrogens is 240 g/mol. The molecule has 3 rings (SSSR count). The van der Waals surface area contributed by atoms with Crippen molar-refractivity contribution in [3.63, 3.8) is 0 Å². The van der Waals surface area contributed by atoms with Crippen LogP contribution in [0.3, 0.4) is 0 Å². The lowest BCUT2D eigenvalue weighted by molar-refractivity contribution is 0.344. The zero-order valence-electron chi connectivity index (χ0n) is 8.93. The van der Waals surface area contributed by atoms with Gasteiger partial charge in [0.05, 0.1) is 0 Å². The van der Waals surface area contributed by atoms with Crippen molar-refractivity contribution >= 4 is 11.1 Å². The Labute approximate surface area is 100 Å². The average Bonchev–Trinajstić information content (AvgIpc) is 2.75. The van der Waals surface area contributed by atoms with Crippen LogP contribution in [-0.4, -0.2) is 35.3 Å². The summed E-state index contributed by atoms with van der Waals surface area (Å²) in [7, 11) is 0. The van der Waals surface area contributed by atoms with Crippen LogP contribution in [0.15, 0.2) is 35.1 Å². The van der Waals surface area contributed by atoms with Crippen molar-refractivity contribution in [2.45, 2.75) is 0 Å². The van der Waals surface area contributed by atoms with E-state index < -0.39 is 18.0 Å². The molecule has 92 valence electrons. The van der Waals surface area contributed by atoms with Crippen molar-refractivity contribution in [3.05, 3.63) is 30.7 Å². The third-order valence-corrected chi connectivity index (χ3v) is 1.84. The Bertz CT molecular complexity index is 574. The lowest BCUT2D eigenvalue weighted by atomic mass is 10.3. The molecule has 8 nitrogen and oxygen atoms in total. The SMILES string of the molecule is Oc1nc(O)nc(O)n1.c1ccc2ocnc2c1. The Morgan fingerprint density at radius 2 is 1.39 bits per heavy atom. The number of hydrogen-bond acceptors (Lipinski definition) is 8. The fourth-order valence-corrected chi connectivity index (χ4v) is 1.15. The standard InChI is InChI=1S/C7H5NO.C3H3N3O3/c1-2-4-7-6(3-1)8-5-9-7;7-1-4-2(8)6-3(9)5-1/h1-5H;(H3,4,5,6,7,8,9). The number of fused-ring (bicyclic) bond motifs is 1. The van der Waals surface area contributed by atoms with Gasteiger partial charge in [0.1, 0.15) is 5.52 Å². The number of aromatic hydroxyl groups is 3. The normalized spacial score (nSPS) is 9.78. The summed E-state index contributed by atoms with van der Waals surface area (Å²) in [5, 5.41) is 25.2. The fraction of sp³-hybridized carbons (Fsp3) is 0. The maximum Gasteiger partial charge on any atom is 0.323 e. The number of benzene rings is 1. The van der Waals surface area contributed by atoms with E-state index in [2.05, 4.69) is 19.9 Å². The van der Waals surface area contributed by atoms with Crippen LogP contribution in [0.1, 0.15) is 0 Å². The van der Waals surface area contributed by atoms with Gasteiger partial charge in [0.15, 0.2) is 12.0 Å². The molecule has 0 saturated heterocycles. The quantitative estimate of drug-likeness (QED) is 0.533. The zero-order chi connectivity index (χ0) is 13.0. The highest BCUT2D eigenvalue weighted by Crippen LogP contribution is 2.09. The second kappa shape index (κ2) is 4.95. The van der Waals surface area contributed by atoms with E-state index in [0.717, 1.165) is 11.1 Å². The van der Waals surface area contributed by atoms with Crippen LogP contribution < -0.4 is 0 Å². The molecule has 1 aromatic carbocycles. The molecule has 3 N–H and O–H groups in total. The summed E-state index contributed by atoms with van der Waals surface area (Å²) in [6.07, 6.45) is 1.45. The third kappa shape index (κ3) is 2.82. The van der Waals surface area contributed by atoms with E-state index in [9.17, 15) is 0 Å². The third-order valence-electron chi connectivity index (χ3n) is 1.84. The van der Waals surface area contributed by atoms with Gasteiger partial charge in [0, 0.05) is 0 Å². The first-order valence-electron chi connectivity index (χ1n) is 4.76. The maximum absolute atomic E-state index is 8.41. The monoisotopic (exact) mass is 248 g/mol. The Hall–Kier alpha value is -2.90. The van der Waals surface area contributed by atoms with Gasteiger partial charge in [-0.3, -0.25) is 0 Å². The highest BCUT2D eigenvalue weighted by Gasteiger charge is 1.99. The molecule has 0 aliphatic rings. The summed E-state index contributed by atoms with van der Waals surface area (Å²) in [6.45, 7) is 0. The first kappa shape index (κ1) is 11.6. The number of rotatable bonds is 0. The minimum Gasteiger partial charge on any atom is -0.479 e. The fourth-order valence-electron chi connectivity index (χ4n) is 1.15. The largest absolute Gasteiger partial charge is 0.479 e. The van der Waals surface area contributed by atoms with Crippen molar-refractivity contribution in [1.29, 1.82) is 0 Å². The molecule has 0 spiro atoms. The van der Waals surface area contributed by atoms with Crippen molar-refractivity contribution in [2.75, 3.05) is 0 Å². The summed E-state index contributed by atoms with van der Waals surface area (Å²) in [6, 6.07) is 5.54. The Morgan fingerprint density at radius 3 is 1.94 bits per heavy atom. The van der Waals surface area contributed by atoms with E-state index in [0.29, 0.717) is 0 Å². The van der Waals surface area contributed by atoms with Crippen LogP contribution in [0.2, 0.25) is 0 Å². The molecular formula is C10H8N4O4. The molecule has 0 atom stereocenters. The van der Waals surface area contributed by atoms with Crippen LogP contribution in [0.5, 0.6) is 18.0 Å². The van der Waals surface area contributed by atoms with Crippen LogP contribution in [0.4, 0.5) is 0 Å². The lowest BCUT2D eigenvalue weighted by Crippen LogP contribution is -1.85. The van der Waals surface area contributed by atoms with Crippen LogP contribution in [0, 0.1) is 0 Å². The summed E-state index contributed by atoms with van der Waals surface area (Å²) >= 11 is 0. The molecule has 0 unspecified atom stereocenters. The molecule has 0 bridgehead atoms. The number of nitrogens with zero attached hydrogens (tertiary/aromatic N) is 4. The average molecular weight is 248 g/mol. The molecule has 2 heterocycles. The zero-order valence-corrected chi connectivity index (χ0v) is 8.93. The summed E-state index contributed by atoms with van der Waals surface area (Å²) < 4.78 is 5.01. The Kier molecular flexibility index (Phi) is 3.19. The molecule has 18 heavy (non-hydrogen) atoms. The molecule has 0 saturated carbocycles. The van der Waals surface area contributed by atoms with Gasteiger partial charge < -0.3 is 19.7 Å². The van der Waals surface area contributed by atoms with E-state index in [4.69, 9.17) is 19.7 Å². The molecule has 2 aromatic heterocycles. The topological polar surface area (TPSA) is 125 Å². The van der Waals surface area contributed by atoms with E-state index in [1.54, 1.807) is 0 Å². The van der Waals surface area contributed by atoms with Crippen molar-refractivity contribution < 1.29 is 19.7 Å². The van der Waals surface area contributed by atoms with Crippen molar-refractivity contribution in [3.8, 4) is 18.0 Å². The van der Waals surface area contributed by atoms with E-state index in [1.807, 2.05) is 24.3 Å². The highest BCUT2D eigenvalue weighted by molar-refractivity contribution is 5.71. The number of oxazole rings is 1. The molecule has 0 aliphatic carbocycles. The minimum absolute atomic E-state index is 0.708. The molecule has 0 aliphatic heterocycles. The molecule has 0 radical (unpaired) electrons. The van der Waals surface area contributed by atoms with Gasteiger partial charge in [-0.05, 0) is 12.1 Å². The van der Waals surface area contributed by atoms with Crippen molar-refractivity contribution in [2.24, 2.45) is 0 Å². The highest BCUT2D eigenvalue weighted by atomic mass is 16.3. The number of aromatic nitrogens is 4. The maximum atomic E-state index is 8.41. The molecule has 3 aromatic rings. The smallest absolute Gasteiger partial charge is 0.323 e. The number of para-hydroxylation sites is 2. The first-order valence-corrected chi connectivity index (χ1v) is 4.76. The van der Waals surface area contributed by atoms with E-state index in [1.165, 1.54) is 6.39 Å². The van der Waals surface area contributed by atoms with Gasteiger partial charge in [-0.1, -0.05) is 12.1 Å². The summed E-state index contributed by atoms with van der Waals surface area (Å²) in [4.78, 5) is 12.8. The summed E-state index contributed by atoms with van der Waals surface area (Å²) in [5.41, 5.74) is 1.76. The molecule has 0 fully saturated rings. The second-order valence-electron chi connectivity index (χ2n) is 3.06. The van der Waals surface area contributed by atoms with Crippen LogP contribution >= 0.6 is 0 Å².